The van der Waals surface area contributed by atoms with E-state index in [9.17, 15) is 0 Å². The van der Waals surface area contributed by atoms with E-state index >= 15 is 0 Å². The Morgan fingerprint density at radius 2 is 1.56 bits per heavy atom. The molecule has 1 rings (SSSR count). The molecule has 2 nitrogen and oxygen atoms in total. The van der Waals surface area contributed by atoms with Gasteiger partial charge in [-0.15, -0.1) is 0 Å². The Balaban J connectivity index is 1.61. The summed E-state index contributed by atoms with van der Waals surface area (Å²) in [7, 11) is 0. The molecule has 1 fully saturated rings. The van der Waals surface area contributed by atoms with Crippen molar-refractivity contribution >= 4 is 0 Å². The van der Waals surface area contributed by atoms with Crippen molar-refractivity contribution in [3.63, 3.8) is 0 Å². The molecule has 1 aliphatic rings. The predicted octanol–water partition coefficient (Wildman–Crippen LogP) is 3.93. The van der Waals surface area contributed by atoms with Gasteiger partial charge in [0.1, 0.15) is 0 Å². The van der Waals surface area contributed by atoms with Gasteiger partial charge >= 0.3 is 0 Å². The summed E-state index contributed by atoms with van der Waals surface area (Å²) in [6.45, 7) is 5.13. The maximum absolute atomic E-state index is 5.58. The molecule has 96 valence electrons. The van der Waals surface area contributed by atoms with E-state index < -0.39 is 0 Å². The first-order valence-electron chi connectivity index (χ1n) is 7.13. The lowest BCUT2D eigenvalue weighted by molar-refractivity contribution is 0.124. The monoisotopic (exact) mass is 228 g/mol. The number of rotatable bonds is 12. The number of hydrogen-bond acceptors (Lipinski definition) is 2. The van der Waals surface area contributed by atoms with E-state index in [-0.39, 0.29) is 0 Å². The zero-order chi connectivity index (χ0) is 11.5. The van der Waals surface area contributed by atoms with Crippen molar-refractivity contribution < 1.29 is 9.47 Å². The molecule has 0 saturated carbocycles. The third kappa shape index (κ3) is 9.17. The number of epoxide rings is 1. The summed E-state index contributed by atoms with van der Waals surface area (Å²) in [5, 5.41) is 0. The first kappa shape index (κ1) is 14.0. The minimum Gasteiger partial charge on any atom is -0.381 e. The molecule has 1 unspecified atom stereocenters. The minimum atomic E-state index is 0.571. The lowest BCUT2D eigenvalue weighted by Crippen LogP contribution is -1.98. The van der Waals surface area contributed by atoms with E-state index in [1.54, 1.807) is 0 Å². The molecule has 0 bridgehead atoms. The summed E-state index contributed by atoms with van der Waals surface area (Å²) >= 11 is 0. The predicted molar refractivity (Wildman–Crippen MR) is 67.8 cm³/mol. The Kier molecular flexibility index (Phi) is 8.83. The summed E-state index contributed by atoms with van der Waals surface area (Å²) in [6, 6.07) is 0. The molecule has 0 spiro atoms. The van der Waals surface area contributed by atoms with Crippen molar-refractivity contribution in [3.8, 4) is 0 Å². The van der Waals surface area contributed by atoms with Crippen LogP contribution >= 0.6 is 0 Å². The van der Waals surface area contributed by atoms with Crippen LogP contribution in [0.4, 0.5) is 0 Å². The average Bonchev–Trinajstić information content (AvgIpc) is 3.10. The molecule has 1 aliphatic heterocycles. The van der Waals surface area contributed by atoms with Gasteiger partial charge in [-0.3, -0.25) is 0 Å². The zero-order valence-electron chi connectivity index (χ0n) is 10.9. The highest BCUT2D eigenvalue weighted by molar-refractivity contribution is 4.67. The van der Waals surface area contributed by atoms with Crippen LogP contribution in [0.1, 0.15) is 64.7 Å². The van der Waals surface area contributed by atoms with Crippen LogP contribution in [-0.2, 0) is 9.47 Å². The molecule has 0 aromatic carbocycles. The summed E-state index contributed by atoms with van der Waals surface area (Å²) in [4.78, 5) is 0. The van der Waals surface area contributed by atoms with Crippen LogP contribution < -0.4 is 0 Å². The molecule has 0 aromatic heterocycles. The fourth-order valence-electron chi connectivity index (χ4n) is 1.91. The molecule has 0 aliphatic carbocycles. The topological polar surface area (TPSA) is 21.8 Å². The maximum Gasteiger partial charge on any atom is 0.0810 e. The van der Waals surface area contributed by atoms with E-state index in [2.05, 4.69) is 6.92 Å². The second-order valence-electron chi connectivity index (χ2n) is 4.83. The van der Waals surface area contributed by atoms with Gasteiger partial charge in [-0.25, -0.2) is 0 Å². The third-order valence-corrected chi connectivity index (χ3v) is 3.11. The first-order chi connectivity index (χ1) is 7.93. The van der Waals surface area contributed by atoms with Crippen LogP contribution in [0.15, 0.2) is 0 Å². The number of ether oxygens (including phenoxy) is 2. The largest absolute Gasteiger partial charge is 0.381 e. The molecule has 16 heavy (non-hydrogen) atoms. The van der Waals surface area contributed by atoms with Crippen LogP contribution in [-0.4, -0.2) is 25.9 Å². The molecule has 0 aromatic rings. The molecule has 0 amide bonds. The third-order valence-electron chi connectivity index (χ3n) is 3.11. The standard InChI is InChI=1S/C14H28O2/c1-2-3-4-5-6-7-8-11-15-12-9-10-14-13-16-14/h14H,2-13H2,1H3. The van der Waals surface area contributed by atoms with Crippen molar-refractivity contribution in [2.75, 3.05) is 19.8 Å². The number of unbranched alkanes of at least 4 members (excludes halogenated alkanes) is 6. The summed E-state index contributed by atoms with van der Waals surface area (Å²) in [5.41, 5.74) is 0. The van der Waals surface area contributed by atoms with Crippen LogP contribution in [0, 0.1) is 0 Å². The summed E-state index contributed by atoms with van der Waals surface area (Å²) < 4.78 is 10.7. The molecule has 0 N–H and O–H groups in total. The fraction of sp³-hybridized carbons (Fsp3) is 1.00. The molecule has 1 atom stereocenters. The SMILES string of the molecule is CCCCCCCCCOCCCC1CO1. The Bertz CT molecular complexity index is 144. The number of hydrogen-bond donors (Lipinski definition) is 0. The fourth-order valence-corrected chi connectivity index (χ4v) is 1.91. The Labute approximate surface area is 101 Å². The van der Waals surface area contributed by atoms with Crippen molar-refractivity contribution in [2.45, 2.75) is 70.8 Å². The van der Waals surface area contributed by atoms with Crippen molar-refractivity contribution in [1.29, 1.82) is 0 Å². The van der Waals surface area contributed by atoms with Crippen LogP contribution in [0.3, 0.4) is 0 Å². The van der Waals surface area contributed by atoms with E-state index in [1.807, 2.05) is 0 Å². The Morgan fingerprint density at radius 3 is 2.25 bits per heavy atom. The van der Waals surface area contributed by atoms with Gasteiger partial charge in [-0.05, 0) is 19.3 Å². The second-order valence-corrected chi connectivity index (χ2v) is 4.83. The van der Waals surface area contributed by atoms with Gasteiger partial charge in [0.15, 0.2) is 0 Å². The minimum absolute atomic E-state index is 0.571. The molecule has 1 saturated heterocycles. The van der Waals surface area contributed by atoms with Gasteiger partial charge in [0.05, 0.1) is 12.7 Å². The van der Waals surface area contributed by atoms with Crippen LogP contribution in [0.25, 0.3) is 0 Å². The van der Waals surface area contributed by atoms with Gasteiger partial charge in [0.25, 0.3) is 0 Å². The van der Waals surface area contributed by atoms with Crippen molar-refractivity contribution in [3.05, 3.63) is 0 Å². The Hall–Kier alpha value is -0.0800. The zero-order valence-corrected chi connectivity index (χ0v) is 10.9. The highest BCUT2D eigenvalue weighted by Crippen LogP contribution is 2.15. The smallest absolute Gasteiger partial charge is 0.0810 e. The summed E-state index contributed by atoms with van der Waals surface area (Å²) in [6.07, 6.45) is 12.5. The highest BCUT2D eigenvalue weighted by atomic mass is 16.6. The lowest BCUT2D eigenvalue weighted by atomic mass is 10.1. The first-order valence-corrected chi connectivity index (χ1v) is 7.13. The second kappa shape index (κ2) is 10.1. The van der Waals surface area contributed by atoms with E-state index in [4.69, 9.17) is 9.47 Å². The average molecular weight is 228 g/mol. The van der Waals surface area contributed by atoms with Crippen molar-refractivity contribution in [1.82, 2.24) is 0 Å². The van der Waals surface area contributed by atoms with Gasteiger partial charge in [0.2, 0.25) is 0 Å². The molecular weight excluding hydrogens is 200 g/mol. The lowest BCUT2D eigenvalue weighted by Gasteiger charge is -2.03. The molecule has 2 heteroatoms. The molecule has 0 radical (unpaired) electrons. The van der Waals surface area contributed by atoms with Gasteiger partial charge in [-0.2, -0.15) is 0 Å². The van der Waals surface area contributed by atoms with E-state index in [1.165, 1.54) is 57.8 Å². The van der Waals surface area contributed by atoms with Crippen LogP contribution in [0.5, 0.6) is 0 Å². The molecule has 1 heterocycles. The maximum atomic E-state index is 5.58. The quantitative estimate of drug-likeness (QED) is 0.373. The van der Waals surface area contributed by atoms with E-state index in [0.29, 0.717) is 6.10 Å². The van der Waals surface area contributed by atoms with Gasteiger partial charge in [-0.1, -0.05) is 45.4 Å². The Morgan fingerprint density at radius 1 is 0.938 bits per heavy atom. The van der Waals surface area contributed by atoms with Crippen molar-refractivity contribution in [2.24, 2.45) is 0 Å². The highest BCUT2D eigenvalue weighted by Gasteiger charge is 2.20. The van der Waals surface area contributed by atoms with Crippen LogP contribution in [0.2, 0.25) is 0 Å². The van der Waals surface area contributed by atoms with E-state index in [0.717, 1.165) is 19.8 Å². The molecular formula is C14H28O2. The van der Waals surface area contributed by atoms with Gasteiger partial charge < -0.3 is 9.47 Å². The van der Waals surface area contributed by atoms with Gasteiger partial charge in [0, 0.05) is 13.2 Å². The normalized spacial score (nSPS) is 18.9. The summed E-state index contributed by atoms with van der Waals surface area (Å²) in [5.74, 6) is 0.